The maximum Gasteiger partial charge on any atom is 0.260 e. The molecule has 0 N–H and O–H groups in total. The third kappa shape index (κ3) is 4.40. The van der Waals surface area contributed by atoms with Crippen molar-refractivity contribution in [2.45, 2.75) is 4.21 Å². The molecule has 152 valence electrons. The monoisotopic (exact) mass is 450 g/mol. The quantitative estimate of drug-likeness (QED) is 0.597. The number of ether oxygens (including phenoxy) is 1. The van der Waals surface area contributed by atoms with Gasteiger partial charge in [-0.15, -0.1) is 11.3 Å². The second kappa shape index (κ2) is 8.31. The lowest BCUT2D eigenvalue weighted by molar-refractivity contribution is -0.134. The van der Waals surface area contributed by atoms with Gasteiger partial charge in [0.25, 0.3) is 15.9 Å². The van der Waals surface area contributed by atoms with Gasteiger partial charge in [0.1, 0.15) is 9.96 Å². The molecular weight excluding hydrogens is 432 g/mol. The molecule has 0 bridgehead atoms. The van der Waals surface area contributed by atoms with Crippen LogP contribution in [0, 0.1) is 0 Å². The van der Waals surface area contributed by atoms with Gasteiger partial charge in [0.15, 0.2) is 6.61 Å². The molecule has 0 saturated carbocycles. The Hall–Kier alpha value is -2.13. The molecule has 0 spiro atoms. The number of rotatable bonds is 5. The van der Waals surface area contributed by atoms with E-state index in [0.717, 1.165) is 22.1 Å². The Balaban J connectivity index is 1.33. The average Bonchev–Trinajstić information content (AvgIpc) is 3.19. The summed E-state index contributed by atoms with van der Waals surface area (Å²) in [4.78, 5) is 14.1. The van der Waals surface area contributed by atoms with Crippen molar-refractivity contribution in [2.75, 3.05) is 32.8 Å². The summed E-state index contributed by atoms with van der Waals surface area (Å²) in [5.74, 6) is 0.474. The van der Waals surface area contributed by atoms with Crippen molar-refractivity contribution in [1.29, 1.82) is 0 Å². The summed E-state index contributed by atoms with van der Waals surface area (Å²) in [6.45, 7) is 1.08. The summed E-state index contributed by atoms with van der Waals surface area (Å²) in [7, 11) is -3.57. The van der Waals surface area contributed by atoms with Crippen molar-refractivity contribution in [3.63, 3.8) is 0 Å². The molecule has 1 fully saturated rings. The summed E-state index contributed by atoms with van der Waals surface area (Å²) in [6.07, 6.45) is 0. The number of amides is 1. The predicted octanol–water partition coefficient (Wildman–Crippen LogP) is 3.47. The second-order valence-electron chi connectivity index (χ2n) is 6.64. The minimum Gasteiger partial charge on any atom is -0.484 e. The van der Waals surface area contributed by atoms with Crippen molar-refractivity contribution >= 4 is 49.6 Å². The van der Waals surface area contributed by atoms with Gasteiger partial charge >= 0.3 is 0 Å². The van der Waals surface area contributed by atoms with Crippen LogP contribution in [-0.4, -0.2) is 56.3 Å². The third-order valence-electron chi connectivity index (χ3n) is 4.82. The lowest BCUT2D eigenvalue weighted by Gasteiger charge is -2.33. The van der Waals surface area contributed by atoms with Gasteiger partial charge in [0, 0.05) is 26.2 Å². The Morgan fingerprint density at radius 2 is 1.72 bits per heavy atom. The smallest absolute Gasteiger partial charge is 0.260 e. The summed E-state index contributed by atoms with van der Waals surface area (Å²) >= 11 is 6.89. The first-order valence-electron chi connectivity index (χ1n) is 9.08. The van der Waals surface area contributed by atoms with Crippen LogP contribution in [-0.2, 0) is 14.8 Å². The Morgan fingerprint density at radius 1 is 1.00 bits per heavy atom. The number of halogens is 1. The maximum atomic E-state index is 12.6. The van der Waals surface area contributed by atoms with Gasteiger partial charge in [0.2, 0.25) is 0 Å². The van der Waals surface area contributed by atoms with Gasteiger partial charge in [-0.05, 0) is 35.0 Å². The highest BCUT2D eigenvalue weighted by Crippen LogP contribution is 2.28. The molecular formula is C20H19ClN2O4S2. The summed E-state index contributed by atoms with van der Waals surface area (Å²) in [5.41, 5.74) is 0. The summed E-state index contributed by atoms with van der Waals surface area (Å²) in [6, 6.07) is 16.7. The molecule has 0 aliphatic carbocycles. The SMILES string of the molecule is O=C(COc1ccc2ccccc2c1)N1CCN(S(=O)(=O)c2ccc(Cl)s2)CC1. The number of benzene rings is 2. The molecule has 0 unspecified atom stereocenters. The van der Waals surface area contributed by atoms with E-state index in [0.29, 0.717) is 23.2 Å². The first-order valence-corrected chi connectivity index (χ1v) is 11.7. The molecule has 1 aliphatic heterocycles. The van der Waals surface area contributed by atoms with Crippen LogP contribution in [0.4, 0.5) is 0 Å². The third-order valence-corrected chi connectivity index (χ3v) is 8.41. The minimum absolute atomic E-state index is 0.0778. The molecule has 9 heteroatoms. The van der Waals surface area contributed by atoms with Crippen molar-refractivity contribution in [3.8, 4) is 5.75 Å². The van der Waals surface area contributed by atoms with Crippen LogP contribution in [0.15, 0.2) is 58.8 Å². The Morgan fingerprint density at radius 3 is 2.41 bits per heavy atom. The van der Waals surface area contributed by atoms with Gasteiger partial charge in [-0.2, -0.15) is 4.31 Å². The number of carbonyl (C=O) groups is 1. The first-order chi connectivity index (χ1) is 13.9. The first kappa shape index (κ1) is 20.2. The van der Waals surface area contributed by atoms with E-state index in [1.54, 1.807) is 11.0 Å². The van der Waals surface area contributed by atoms with Gasteiger partial charge in [0.05, 0.1) is 4.34 Å². The highest BCUT2D eigenvalue weighted by molar-refractivity contribution is 7.91. The zero-order chi connectivity index (χ0) is 20.4. The van der Waals surface area contributed by atoms with Gasteiger partial charge < -0.3 is 9.64 Å². The van der Waals surface area contributed by atoms with Crippen LogP contribution in [0.1, 0.15) is 0 Å². The highest BCUT2D eigenvalue weighted by Gasteiger charge is 2.31. The van der Waals surface area contributed by atoms with E-state index in [9.17, 15) is 13.2 Å². The van der Waals surface area contributed by atoms with Gasteiger partial charge in [-0.3, -0.25) is 4.79 Å². The lowest BCUT2D eigenvalue weighted by atomic mass is 10.1. The van der Waals surface area contributed by atoms with E-state index in [1.165, 1.54) is 10.4 Å². The summed E-state index contributed by atoms with van der Waals surface area (Å²) in [5, 5.41) is 2.15. The normalized spacial score (nSPS) is 15.6. The Kier molecular flexibility index (Phi) is 5.78. The molecule has 1 saturated heterocycles. The van der Waals surface area contributed by atoms with E-state index < -0.39 is 10.0 Å². The van der Waals surface area contributed by atoms with Crippen molar-refractivity contribution < 1.29 is 17.9 Å². The molecule has 2 aromatic carbocycles. The molecule has 6 nitrogen and oxygen atoms in total. The topological polar surface area (TPSA) is 66.9 Å². The Bertz CT molecular complexity index is 1140. The number of thiophene rings is 1. The van der Waals surface area contributed by atoms with Crippen LogP contribution >= 0.6 is 22.9 Å². The molecule has 3 aromatic rings. The molecule has 0 atom stereocenters. The molecule has 29 heavy (non-hydrogen) atoms. The maximum absolute atomic E-state index is 12.6. The highest BCUT2D eigenvalue weighted by atomic mass is 35.5. The lowest BCUT2D eigenvalue weighted by Crippen LogP contribution is -2.51. The number of piperazine rings is 1. The number of sulfonamides is 1. The van der Waals surface area contributed by atoms with E-state index in [4.69, 9.17) is 16.3 Å². The molecule has 2 heterocycles. The number of carbonyl (C=O) groups excluding carboxylic acids is 1. The molecule has 1 amide bonds. The summed E-state index contributed by atoms with van der Waals surface area (Å²) < 4.78 is 33.0. The zero-order valence-electron chi connectivity index (χ0n) is 15.5. The van der Waals surface area contributed by atoms with Crippen molar-refractivity contribution in [1.82, 2.24) is 9.21 Å². The number of fused-ring (bicyclic) bond motifs is 1. The van der Waals surface area contributed by atoms with E-state index in [1.807, 2.05) is 42.5 Å². The standard InChI is InChI=1S/C20H19ClN2O4S2/c21-18-7-8-20(28-18)29(25,26)23-11-9-22(10-12-23)19(24)14-27-17-6-5-15-3-1-2-4-16(15)13-17/h1-8,13H,9-12,14H2. The van der Waals surface area contributed by atoms with E-state index >= 15 is 0 Å². The Labute approximate surface area is 178 Å². The average molecular weight is 451 g/mol. The fourth-order valence-electron chi connectivity index (χ4n) is 3.23. The zero-order valence-corrected chi connectivity index (χ0v) is 17.8. The fourth-order valence-corrected chi connectivity index (χ4v) is 6.29. The fraction of sp³-hybridized carbons (Fsp3) is 0.250. The van der Waals surface area contributed by atoms with Crippen LogP contribution in [0.25, 0.3) is 10.8 Å². The molecule has 4 rings (SSSR count). The van der Waals surface area contributed by atoms with Crippen LogP contribution < -0.4 is 4.74 Å². The number of hydrogen-bond donors (Lipinski definition) is 0. The van der Waals surface area contributed by atoms with Gasteiger partial charge in [-0.1, -0.05) is 41.9 Å². The number of nitrogens with zero attached hydrogens (tertiary/aromatic N) is 2. The number of hydrogen-bond acceptors (Lipinski definition) is 5. The van der Waals surface area contributed by atoms with Crippen molar-refractivity contribution in [3.05, 3.63) is 58.9 Å². The predicted molar refractivity (Wildman–Crippen MR) is 114 cm³/mol. The molecule has 0 radical (unpaired) electrons. The van der Waals surface area contributed by atoms with Crippen LogP contribution in [0.2, 0.25) is 4.34 Å². The van der Waals surface area contributed by atoms with Crippen LogP contribution in [0.5, 0.6) is 5.75 Å². The minimum atomic E-state index is -3.57. The largest absolute Gasteiger partial charge is 0.484 e. The van der Waals surface area contributed by atoms with E-state index in [-0.39, 0.29) is 29.8 Å². The molecule has 1 aromatic heterocycles. The van der Waals surface area contributed by atoms with Crippen LogP contribution in [0.3, 0.4) is 0 Å². The van der Waals surface area contributed by atoms with E-state index in [2.05, 4.69) is 0 Å². The second-order valence-corrected chi connectivity index (χ2v) is 10.5. The van der Waals surface area contributed by atoms with Crippen molar-refractivity contribution in [2.24, 2.45) is 0 Å². The molecule has 1 aliphatic rings. The van der Waals surface area contributed by atoms with Gasteiger partial charge in [-0.25, -0.2) is 8.42 Å².